The number of anilines is 3. The van der Waals surface area contributed by atoms with Crippen LogP contribution in [-0.4, -0.2) is 19.9 Å². The summed E-state index contributed by atoms with van der Waals surface area (Å²) in [5, 5.41) is 0. The minimum atomic E-state index is -0.166. The third-order valence-electron chi connectivity index (χ3n) is 10.1. The lowest BCUT2D eigenvalue weighted by Crippen LogP contribution is -2.27. The van der Waals surface area contributed by atoms with Crippen molar-refractivity contribution in [1.29, 1.82) is 0 Å². The van der Waals surface area contributed by atoms with Crippen molar-refractivity contribution in [2.75, 3.05) is 17.2 Å². The van der Waals surface area contributed by atoms with Gasteiger partial charge in [0.1, 0.15) is 0 Å². The van der Waals surface area contributed by atoms with Crippen LogP contribution in [0.25, 0.3) is 44.1 Å². The number of hydrogen-bond donors (Lipinski definition) is 3. The Balaban J connectivity index is 1.41. The molecule has 2 aromatic heterocycles. The highest BCUT2D eigenvalue weighted by atomic mass is 14.8. The van der Waals surface area contributed by atoms with Gasteiger partial charge in [0.15, 0.2) is 0 Å². The molecule has 7 nitrogen and oxygen atoms in total. The van der Waals surface area contributed by atoms with Crippen molar-refractivity contribution < 1.29 is 0 Å². The Kier molecular flexibility index (Phi) is 4.59. The molecule has 42 heavy (non-hydrogen) atoms. The van der Waals surface area contributed by atoms with Crippen molar-refractivity contribution >= 4 is 61.2 Å². The summed E-state index contributed by atoms with van der Waals surface area (Å²) in [5.74, 6) is 0. The van der Waals surface area contributed by atoms with E-state index in [2.05, 4.69) is 58.0 Å². The fourth-order valence-electron chi connectivity index (χ4n) is 8.20. The fraction of sp³-hybridized carbons (Fsp3) is 0.314. The van der Waals surface area contributed by atoms with Crippen LogP contribution in [0.4, 0.5) is 17.1 Å². The standard InChI is InChI=1S/C35H35N7/c1-16-7-30-32(17(2)31(16)38)42-27-9-19-21(11-26(27)41-30)35(15-34(19,5)6)14-33(3,4)18-8-24-25(10-20(18)35)40-29-13-23(37)22(36)12-28(29)39-24/h7-13H,14-15,36-38H2,1-6H3. The zero-order valence-electron chi connectivity index (χ0n) is 25.0. The van der Waals surface area contributed by atoms with E-state index in [9.17, 15) is 0 Å². The molecular formula is C35H35N7. The maximum atomic E-state index is 6.37. The second-order valence-electron chi connectivity index (χ2n) is 14.0. The highest BCUT2D eigenvalue weighted by molar-refractivity contribution is 5.94. The van der Waals surface area contributed by atoms with E-state index in [4.69, 9.17) is 37.1 Å². The van der Waals surface area contributed by atoms with Gasteiger partial charge in [-0.05, 0) is 108 Å². The molecule has 7 heteroatoms. The van der Waals surface area contributed by atoms with Crippen molar-refractivity contribution in [3.05, 3.63) is 75.8 Å². The Bertz CT molecular complexity index is 2210. The predicted molar refractivity (Wildman–Crippen MR) is 173 cm³/mol. The summed E-state index contributed by atoms with van der Waals surface area (Å²) in [4.78, 5) is 20.3. The third kappa shape index (κ3) is 3.16. The van der Waals surface area contributed by atoms with Crippen molar-refractivity contribution in [3.63, 3.8) is 0 Å². The van der Waals surface area contributed by atoms with Gasteiger partial charge in [0, 0.05) is 16.7 Å². The lowest BCUT2D eigenvalue weighted by molar-refractivity contribution is 0.350. The smallest absolute Gasteiger partial charge is 0.0944 e. The van der Waals surface area contributed by atoms with Crippen LogP contribution >= 0.6 is 0 Å². The van der Waals surface area contributed by atoms with Crippen molar-refractivity contribution in [2.45, 2.75) is 70.6 Å². The first kappa shape index (κ1) is 25.2. The summed E-state index contributed by atoms with van der Waals surface area (Å²) in [5.41, 5.74) is 34.5. The average Bonchev–Trinajstić information content (AvgIpc) is 3.27. The summed E-state index contributed by atoms with van der Waals surface area (Å²) < 4.78 is 0. The Hall–Kier alpha value is -4.52. The van der Waals surface area contributed by atoms with Crippen LogP contribution in [0.2, 0.25) is 0 Å². The van der Waals surface area contributed by atoms with E-state index >= 15 is 0 Å². The molecule has 2 heterocycles. The molecule has 1 spiro atoms. The molecule has 2 aliphatic carbocycles. The van der Waals surface area contributed by atoms with E-state index in [1.165, 1.54) is 22.3 Å². The van der Waals surface area contributed by atoms with Gasteiger partial charge < -0.3 is 17.2 Å². The van der Waals surface area contributed by atoms with Gasteiger partial charge in [-0.15, -0.1) is 0 Å². The van der Waals surface area contributed by atoms with Crippen LogP contribution in [0, 0.1) is 13.8 Å². The first-order valence-corrected chi connectivity index (χ1v) is 14.6. The molecule has 2 aliphatic rings. The molecule has 8 rings (SSSR count). The highest BCUT2D eigenvalue weighted by Crippen LogP contribution is 2.63. The third-order valence-corrected chi connectivity index (χ3v) is 10.1. The average molecular weight is 554 g/mol. The summed E-state index contributed by atoms with van der Waals surface area (Å²) in [6.07, 6.45) is 2.01. The van der Waals surface area contributed by atoms with Gasteiger partial charge in [0.05, 0.1) is 55.5 Å². The first-order chi connectivity index (χ1) is 19.8. The molecular weight excluding hydrogens is 518 g/mol. The Morgan fingerprint density at radius 3 is 1.43 bits per heavy atom. The number of hydrogen-bond acceptors (Lipinski definition) is 7. The van der Waals surface area contributed by atoms with Crippen molar-refractivity contribution in [1.82, 2.24) is 19.9 Å². The predicted octanol–water partition coefficient (Wildman–Crippen LogP) is 6.89. The van der Waals surface area contributed by atoms with Gasteiger partial charge >= 0.3 is 0 Å². The molecule has 6 aromatic rings. The van der Waals surface area contributed by atoms with Gasteiger partial charge in [-0.25, -0.2) is 19.9 Å². The zero-order chi connectivity index (χ0) is 29.5. The SMILES string of the molecule is Cc1cc2nc3cc4c(cc3nc2c(C)c1N)C(C)(C)CC41CC(C)(C)c2cc3nc4cc(N)c(N)cc4nc3cc21. The van der Waals surface area contributed by atoms with Crippen LogP contribution < -0.4 is 17.2 Å². The second-order valence-corrected chi connectivity index (χ2v) is 14.0. The Labute approximate surface area is 244 Å². The number of nitrogens with zero attached hydrogens (tertiary/aromatic N) is 4. The van der Waals surface area contributed by atoms with Crippen molar-refractivity contribution in [3.8, 4) is 0 Å². The molecule has 0 fully saturated rings. The fourth-order valence-corrected chi connectivity index (χ4v) is 8.20. The quantitative estimate of drug-likeness (QED) is 0.138. The van der Waals surface area contributed by atoms with E-state index in [1.807, 2.05) is 26.0 Å². The van der Waals surface area contributed by atoms with Gasteiger partial charge in [-0.2, -0.15) is 0 Å². The van der Waals surface area contributed by atoms with E-state index in [-0.39, 0.29) is 16.2 Å². The van der Waals surface area contributed by atoms with E-state index in [1.54, 1.807) is 0 Å². The summed E-state index contributed by atoms with van der Waals surface area (Å²) in [7, 11) is 0. The van der Waals surface area contributed by atoms with Crippen LogP contribution in [0.1, 0.15) is 73.9 Å². The van der Waals surface area contributed by atoms with Crippen LogP contribution in [0.5, 0.6) is 0 Å². The van der Waals surface area contributed by atoms with Crippen LogP contribution in [0.3, 0.4) is 0 Å². The summed E-state index contributed by atoms with van der Waals surface area (Å²) >= 11 is 0. The van der Waals surface area contributed by atoms with Crippen LogP contribution in [-0.2, 0) is 16.2 Å². The molecule has 0 saturated carbocycles. The topological polar surface area (TPSA) is 130 Å². The van der Waals surface area contributed by atoms with Gasteiger partial charge in [-0.3, -0.25) is 0 Å². The minimum Gasteiger partial charge on any atom is -0.398 e. The number of fused-ring (bicyclic) bond motifs is 8. The number of aryl methyl sites for hydroxylation is 2. The summed E-state index contributed by atoms with van der Waals surface area (Å²) in [6, 6.07) is 14.8. The molecule has 6 N–H and O–H groups in total. The Morgan fingerprint density at radius 2 is 0.929 bits per heavy atom. The van der Waals surface area contributed by atoms with E-state index in [0.29, 0.717) is 11.4 Å². The van der Waals surface area contributed by atoms with Gasteiger partial charge in [-0.1, -0.05) is 27.7 Å². The normalized spacial score (nSPS) is 20.2. The molecule has 0 radical (unpaired) electrons. The van der Waals surface area contributed by atoms with Gasteiger partial charge in [0.25, 0.3) is 0 Å². The molecule has 0 saturated heterocycles. The molecule has 0 bridgehead atoms. The monoisotopic (exact) mass is 553 g/mol. The number of aromatic nitrogens is 4. The lowest BCUT2D eigenvalue weighted by atomic mass is 9.72. The second kappa shape index (κ2) is 7.65. The first-order valence-electron chi connectivity index (χ1n) is 14.6. The molecule has 1 unspecified atom stereocenters. The maximum Gasteiger partial charge on any atom is 0.0944 e. The van der Waals surface area contributed by atoms with Gasteiger partial charge in [0.2, 0.25) is 0 Å². The largest absolute Gasteiger partial charge is 0.398 e. The molecule has 0 aliphatic heterocycles. The lowest BCUT2D eigenvalue weighted by Gasteiger charge is -2.30. The molecule has 1 atom stereocenters. The molecule has 210 valence electrons. The van der Waals surface area contributed by atoms with Crippen molar-refractivity contribution in [2.24, 2.45) is 0 Å². The van der Waals surface area contributed by atoms with E-state index < -0.39 is 0 Å². The number of benzene rings is 4. The highest BCUT2D eigenvalue weighted by Gasteiger charge is 2.56. The Morgan fingerprint density at radius 1 is 0.524 bits per heavy atom. The maximum absolute atomic E-state index is 6.37. The van der Waals surface area contributed by atoms with Crippen LogP contribution in [0.15, 0.2) is 42.5 Å². The number of nitrogens with two attached hydrogens (primary N) is 3. The molecule has 0 amide bonds. The number of nitrogen functional groups attached to an aromatic ring is 3. The molecule has 4 aromatic carbocycles. The number of rotatable bonds is 0. The zero-order valence-corrected chi connectivity index (χ0v) is 25.0. The van der Waals surface area contributed by atoms with E-state index in [0.717, 1.165) is 73.8 Å². The summed E-state index contributed by atoms with van der Waals surface area (Å²) in [6.45, 7) is 13.5. The minimum absolute atomic E-state index is 0.0464.